The van der Waals surface area contributed by atoms with Crippen LogP contribution in [0.15, 0.2) is 52.0 Å². The average Bonchev–Trinajstić information content (AvgIpc) is 3.24. The first-order valence-electron chi connectivity index (χ1n) is 9.63. The second kappa shape index (κ2) is 7.95. The molecule has 7 heteroatoms. The van der Waals surface area contributed by atoms with Crippen molar-refractivity contribution >= 4 is 5.91 Å². The fourth-order valence-electron chi connectivity index (χ4n) is 3.78. The lowest BCUT2D eigenvalue weighted by molar-refractivity contribution is 0.0670. The fourth-order valence-corrected chi connectivity index (χ4v) is 3.78. The molecule has 0 saturated carbocycles. The molecule has 0 radical (unpaired) electrons. The molecule has 7 nitrogen and oxygen atoms in total. The number of aromatic amines is 1. The Morgan fingerprint density at radius 3 is 2.83 bits per heavy atom. The molecule has 150 valence electrons. The number of carbonyl (C=O) groups excluding carboxylic acids is 1. The van der Waals surface area contributed by atoms with Crippen LogP contribution in [0, 0.1) is 6.92 Å². The van der Waals surface area contributed by atoms with E-state index in [1.165, 1.54) is 25.0 Å². The molecule has 0 bridgehead atoms. The first-order chi connectivity index (χ1) is 14.1. The van der Waals surface area contributed by atoms with Gasteiger partial charge < -0.3 is 14.1 Å². The number of piperidine rings is 1. The van der Waals surface area contributed by atoms with Crippen molar-refractivity contribution in [1.82, 2.24) is 15.1 Å². The Hall–Kier alpha value is -3.35. The topological polar surface area (TPSA) is 88.4 Å². The van der Waals surface area contributed by atoms with E-state index in [9.17, 15) is 9.59 Å². The summed E-state index contributed by atoms with van der Waals surface area (Å²) in [7, 11) is 1.39. The number of likely N-dealkylation sites (tertiary alicyclic amines) is 1. The largest absolute Gasteiger partial charge is 0.490 e. The molecule has 3 heterocycles. The van der Waals surface area contributed by atoms with Gasteiger partial charge in [0.05, 0.1) is 13.3 Å². The number of benzene rings is 1. The van der Waals surface area contributed by atoms with Crippen molar-refractivity contribution in [3.63, 3.8) is 0 Å². The number of aryl methyl sites for hydroxylation is 1. The number of nitrogens with one attached hydrogen (secondary N) is 1. The van der Waals surface area contributed by atoms with Crippen LogP contribution in [-0.2, 0) is 0 Å². The van der Waals surface area contributed by atoms with Crippen LogP contribution in [0.25, 0.3) is 11.1 Å². The van der Waals surface area contributed by atoms with Gasteiger partial charge in [-0.1, -0.05) is 29.8 Å². The van der Waals surface area contributed by atoms with Gasteiger partial charge in [-0.15, -0.1) is 0 Å². The fraction of sp³-hybridized carbons (Fsp3) is 0.318. The normalized spacial score (nSPS) is 16.6. The third kappa shape index (κ3) is 3.81. The number of rotatable bonds is 4. The predicted octanol–water partition coefficient (Wildman–Crippen LogP) is 3.37. The number of nitrogens with zero attached hydrogens (tertiary/aromatic N) is 2. The SMILES string of the molecule is COc1coc(C(=O)N2CCC[C@@H](c3[nH]ncc3-c3ccc(C)cc3)C2)cc1=O. The summed E-state index contributed by atoms with van der Waals surface area (Å²) in [6, 6.07) is 9.52. The molecule has 1 saturated heterocycles. The molecule has 1 aliphatic rings. The zero-order chi connectivity index (χ0) is 20.4. The third-order valence-corrected chi connectivity index (χ3v) is 5.38. The number of carbonyl (C=O) groups is 1. The van der Waals surface area contributed by atoms with Gasteiger partial charge >= 0.3 is 0 Å². The number of aromatic nitrogens is 2. The van der Waals surface area contributed by atoms with E-state index >= 15 is 0 Å². The van der Waals surface area contributed by atoms with Crippen LogP contribution in [0.2, 0.25) is 0 Å². The Kier molecular flexibility index (Phi) is 5.20. The van der Waals surface area contributed by atoms with Crippen LogP contribution in [-0.4, -0.2) is 41.2 Å². The summed E-state index contributed by atoms with van der Waals surface area (Å²) in [5.74, 6) is -0.0413. The Labute approximate surface area is 168 Å². The van der Waals surface area contributed by atoms with Crippen molar-refractivity contribution in [2.75, 3.05) is 20.2 Å². The van der Waals surface area contributed by atoms with E-state index in [-0.39, 0.29) is 28.8 Å². The maximum absolute atomic E-state index is 12.9. The smallest absolute Gasteiger partial charge is 0.289 e. The minimum atomic E-state index is -0.370. The zero-order valence-electron chi connectivity index (χ0n) is 16.5. The lowest BCUT2D eigenvalue weighted by atomic mass is 9.90. The molecule has 0 aliphatic carbocycles. The molecule has 1 atom stereocenters. The summed E-state index contributed by atoms with van der Waals surface area (Å²) in [6.45, 7) is 3.22. The van der Waals surface area contributed by atoms with Crippen LogP contribution in [0.5, 0.6) is 5.75 Å². The van der Waals surface area contributed by atoms with Crippen LogP contribution in [0.1, 0.15) is 40.6 Å². The molecule has 0 unspecified atom stereocenters. The highest BCUT2D eigenvalue weighted by Crippen LogP contribution is 2.33. The van der Waals surface area contributed by atoms with Crippen LogP contribution in [0.4, 0.5) is 0 Å². The summed E-state index contributed by atoms with van der Waals surface area (Å²) in [4.78, 5) is 26.6. The van der Waals surface area contributed by atoms with E-state index in [4.69, 9.17) is 9.15 Å². The highest BCUT2D eigenvalue weighted by molar-refractivity contribution is 5.91. The predicted molar refractivity (Wildman–Crippen MR) is 108 cm³/mol. The summed E-state index contributed by atoms with van der Waals surface area (Å²) >= 11 is 0. The first-order valence-corrected chi connectivity index (χ1v) is 9.63. The quantitative estimate of drug-likeness (QED) is 0.734. The lowest BCUT2D eigenvalue weighted by Gasteiger charge is -2.32. The Morgan fingerprint density at radius 2 is 2.10 bits per heavy atom. The highest BCUT2D eigenvalue weighted by Gasteiger charge is 2.29. The lowest BCUT2D eigenvalue weighted by Crippen LogP contribution is -2.39. The van der Waals surface area contributed by atoms with Gasteiger partial charge in [0.25, 0.3) is 5.91 Å². The molecule has 1 fully saturated rings. The maximum Gasteiger partial charge on any atom is 0.289 e. The third-order valence-electron chi connectivity index (χ3n) is 5.38. The number of H-pyrrole nitrogens is 1. The van der Waals surface area contributed by atoms with Crippen LogP contribution in [0.3, 0.4) is 0 Å². The maximum atomic E-state index is 12.9. The van der Waals surface area contributed by atoms with E-state index in [0.29, 0.717) is 13.1 Å². The van der Waals surface area contributed by atoms with E-state index < -0.39 is 0 Å². The molecule has 1 aromatic carbocycles. The van der Waals surface area contributed by atoms with E-state index in [0.717, 1.165) is 29.7 Å². The molecule has 3 aromatic rings. The van der Waals surface area contributed by atoms with E-state index in [2.05, 4.69) is 41.4 Å². The molecule has 0 spiro atoms. The molecule has 2 aromatic heterocycles. The molecule has 1 aliphatic heterocycles. The van der Waals surface area contributed by atoms with Gasteiger partial charge in [0.2, 0.25) is 11.2 Å². The Morgan fingerprint density at radius 1 is 1.31 bits per heavy atom. The second-order valence-electron chi connectivity index (χ2n) is 7.33. The van der Waals surface area contributed by atoms with Gasteiger partial charge in [-0.05, 0) is 25.3 Å². The molecular formula is C22H23N3O4. The summed E-state index contributed by atoms with van der Waals surface area (Å²) < 4.78 is 10.3. The first kappa shape index (κ1) is 19.0. The van der Waals surface area contributed by atoms with Gasteiger partial charge in [0, 0.05) is 36.3 Å². The minimum Gasteiger partial charge on any atom is -0.490 e. The van der Waals surface area contributed by atoms with Crippen molar-refractivity contribution in [3.8, 4) is 16.9 Å². The van der Waals surface area contributed by atoms with Crippen molar-refractivity contribution in [2.45, 2.75) is 25.7 Å². The number of hydrogen-bond donors (Lipinski definition) is 1. The monoisotopic (exact) mass is 393 g/mol. The summed E-state index contributed by atoms with van der Waals surface area (Å²) in [5, 5.41) is 7.39. The average molecular weight is 393 g/mol. The molecule has 1 N–H and O–H groups in total. The minimum absolute atomic E-state index is 0.0276. The zero-order valence-corrected chi connectivity index (χ0v) is 16.5. The van der Waals surface area contributed by atoms with Gasteiger partial charge in [-0.2, -0.15) is 5.10 Å². The highest BCUT2D eigenvalue weighted by atomic mass is 16.5. The van der Waals surface area contributed by atoms with Crippen LogP contribution < -0.4 is 10.2 Å². The Bertz CT molecular complexity index is 1070. The van der Waals surface area contributed by atoms with Gasteiger partial charge in [-0.25, -0.2) is 0 Å². The molecular weight excluding hydrogens is 370 g/mol. The van der Waals surface area contributed by atoms with Crippen LogP contribution >= 0.6 is 0 Å². The Balaban J connectivity index is 1.56. The number of ether oxygens (including phenoxy) is 1. The van der Waals surface area contributed by atoms with E-state index in [1.54, 1.807) is 4.90 Å². The summed E-state index contributed by atoms with van der Waals surface area (Å²) in [6.07, 6.45) is 4.84. The number of amides is 1. The second-order valence-corrected chi connectivity index (χ2v) is 7.33. The van der Waals surface area contributed by atoms with Crippen molar-refractivity contribution in [3.05, 3.63) is 70.0 Å². The van der Waals surface area contributed by atoms with Crippen molar-refractivity contribution in [2.24, 2.45) is 0 Å². The van der Waals surface area contributed by atoms with Gasteiger partial charge in [0.15, 0.2) is 5.76 Å². The number of methoxy groups -OCH3 is 1. The van der Waals surface area contributed by atoms with Gasteiger partial charge in [-0.3, -0.25) is 14.7 Å². The van der Waals surface area contributed by atoms with Crippen molar-refractivity contribution < 1.29 is 13.9 Å². The number of hydrogen-bond acceptors (Lipinski definition) is 5. The molecule has 1 amide bonds. The summed E-state index contributed by atoms with van der Waals surface area (Å²) in [5.41, 5.74) is 4.02. The van der Waals surface area contributed by atoms with Gasteiger partial charge in [0.1, 0.15) is 6.26 Å². The molecule has 4 rings (SSSR count). The van der Waals surface area contributed by atoms with Crippen molar-refractivity contribution in [1.29, 1.82) is 0 Å². The van der Waals surface area contributed by atoms with E-state index in [1.807, 2.05) is 6.20 Å². The standard InChI is InChI=1S/C22H23N3O4/c1-14-5-7-15(8-6-14)17-11-23-24-21(17)16-4-3-9-25(12-16)22(27)19-10-18(26)20(28-2)13-29-19/h5-8,10-11,13,16H,3-4,9,12H2,1-2H3,(H,23,24)/t16-/m1/s1. The molecule has 29 heavy (non-hydrogen) atoms.